The molecule has 0 unspecified atom stereocenters. The standard InChI is InChI=1S/C15H15N3O5/c1-9-16-17-14(23-9)11-7-20-5-4-18(11)15(19)10-2-3-12-13(6-10)22-8-21-12/h2-3,6,11H,4-5,7-8H2,1H3/t11-/m1/s1. The number of morpholine rings is 1. The highest BCUT2D eigenvalue weighted by molar-refractivity contribution is 5.95. The number of benzene rings is 1. The largest absolute Gasteiger partial charge is 0.454 e. The molecule has 0 radical (unpaired) electrons. The molecule has 1 aromatic carbocycles. The van der Waals surface area contributed by atoms with Crippen molar-refractivity contribution in [3.63, 3.8) is 0 Å². The zero-order valence-corrected chi connectivity index (χ0v) is 12.5. The van der Waals surface area contributed by atoms with Gasteiger partial charge in [-0.15, -0.1) is 10.2 Å². The molecule has 2 aromatic rings. The summed E-state index contributed by atoms with van der Waals surface area (Å²) in [6, 6.07) is 4.77. The van der Waals surface area contributed by atoms with Crippen molar-refractivity contribution in [3.8, 4) is 11.5 Å². The minimum absolute atomic E-state index is 0.132. The highest BCUT2D eigenvalue weighted by atomic mass is 16.7. The van der Waals surface area contributed by atoms with E-state index in [1.165, 1.54) is 0 Å². The quantitative estimate of drug-likeness (QED) is 0.825. The molecule has 0 bridgehead atoms. The molecule has 0 aliphatic carbocycles. The third kappa shape index (κ3) is 2.50. The molecule has 1 saturated heterocycles. The third-order valence-corrected chi connectivity index (χ3v) is 3.84. The van der Waals surface area contributed by atoms with Crippen LogP contribution in [-0.2, 0) is 4.74 Å². The summed E-state index contributed by atoms with van der Waals surface area (Å²) in [6.07, 6.45) is 0. The molecule has 0 spiro atoms. The number of nitrogens with zero attached hydrogens (tertiary/aromatic N) is 3. The first-order chi connectivity index (χ1) is 11.2. The Bertz CT molecular complexity index is 744. The van der Waals surface area contributed by atoms with Gasteiger partial charge in [-0.3, -0.25) is 4.79 Å². The first-order valence-electron chi connectivity index (χ1n) is 7.31. The van der Waals surface area contributed by atoms with Gasteiger partial charge in [-0.05, 0) is 18.2 Å². The first kappa shape index (κ1) is 14.0. The Morgan fingerprint density at radius 3 is 2.96 bits per heavy atom. The topological polar surface area (TPSA) is 86.9 Å². The van der Waals surface area contributed by atoms with Gasteiger partial charge >= 0.3 is 0 Å². The number of aromatic nitrogens is 2. The van der Waals surface area contributed by atoms with Gasteiger partial charge in [-0.25, -0.2) is 0 Å². The first-order valence-corrected chi connectivity index (χ1v) is 7.31. The Hall–Kier alpha value is -2.61. The van der Waals surface area contributed by atoms with Crippen molar-refractivity contribution < 1.29 is 23.4 Å². The minimum Gasteiger partial charge on any atom is -0.454 e. The van der Waals surface area contributed by atoms with Gasteiger partial charge in [-0.1, -0.05) is 0 Å². The number of hydrogen-bond donors (Lipinski definition) is 0. The lowest BCUT2D eigenvalue weighted by Crippen LogP contribution is -2.43. The van der Waals surface area contributed by atoms with Gasteiger partial charge in [0, 0.05) is 19.0 Å². The van der Waals surface area contributed by atoms with E-state index in [0.29, 0.717) is 48.6 Å². The summed E-state index contributed by atoms with van der Waals surface area (Å²) >= 11 is 0. The van der Waals surface area contributed by atoms with Gasteiger partial charge in [0.15, 0.2) is 11.5 Å². The molecule has 2 aliphatic rings. The van der Waals surface area contributed by atoms with Gasteiger partial charge in [0.2, 0.25) is 18.6 Å². The Kier molecular flexibility index (Phi) is 3.38. The van der Waals surface area contributed by atoms with E-state index in [4.69, 9.17) is 18.6 Å². The molecule has 2 aliphatic heterocycles. The van der Waals surface area contributed by atoms with Crippen molar-refractivity contribution >= 4 is 5.91 Å². The lowest BCUT2D eigenvalue weighted by atomic mass is 10.1. The fourth-order valence-corrected chi connectivity index (χ4v) is 2.69. The van der Waals surface area contributed by atoms with Crippen LogP contribution in [0.4, 0.5) is 0 Å². The molecule has 23 heavy (non-hydrogen) atoms. The summed E-state index contributed by atoms with van der Waals surface area (Å²) in [6.45, 7) is 3.15. The SMILES string of the molecule is Cc1nnc([C@H]2COCCN2C(=O)c2ccc3c(c2)OCO3)o1. The molecule has 1 aromatic heterocycles. The van der Waals surface area contributed by atoms with Crippen LogP contribution in [0.3, 0.4) is 0 Å². The lowest BCUT2D eigenvalue weighted by molar-refractivity contribution is -0.0106. The molecule has 8 nitrogen and oxygen atoms in total. The van der Waals surface area contributed by atoms with E-state index < -0.39 is 0 Å². The van der Waals surface area contributed by atoms with Crippen molar-refractivity contribution in [2.45, 2.75) is 13.0 Å². The monoisotopic (exact) mass is 317 g/mol. The van der Waals surface area contributed by atoms with Crippen LogP contribution in [0.1, 0.15) is 28.2 Å². The Morgan fingerprint density at radius 1 is 1.26 bits per heavy atom. The number of ether oxygens (including phenoxy) is 3. The van der Waals surface area contributed by atoms with Crippen LogP contribution in [0.15, 0.2) is 22.6 Å². The van der Waals surface area contributed by atoms with Gasteiger partial charge in [0.25, 0.3) is 5.91 Å². The maximum atomic E-state index is 12.9. The highest BCUT2D eigenvalue weighted by Gasteiger charge is 2.33. The second-order valence-electron chi connectivity index (χ2n) is 5.32. The van der Waals surface area contributed by atoms with Gasteiger partial charge < -0.3 is 23.5 Å². The van der Waals surface area contributed by atoms with Crippen molar-refractivity contribution in [1.29, 1.82) is 0 Å². The van der Waals surface area contributed by atoms with Crippen molar-refractivity contribution in [2.24, 2.45) is 0 Å². The lowest BCUT2D eigenvalue weighted by Gasteiger charge is -2.33. The fraction of sp³-hybridized carbons (Fsp3) is 0.400. The van der Waals surface area contributed by atoms with E-state index in [0.717, 1.165) is 0 Å². The van der Waals surface area contributed by atoms with Crippen LogP contribution in [0.25, 0.3) is 0 Å². The predicted molar refractivity (Wildman–Crippen MR) is 76.2 cm³/mol. The molecule has 4 rings (SSSR count). The smallest absolute Gasteiger partial charge is 0.254 e. The number of rotatable bonds is 2. The summed E-state index contributed by atoms with van der Waals surface area (Å²) in [5, 5.41) is 7.85. The van der Waals surface area contributed by atoms with E-state index >= 15 is 0 Å². The van der Waals surface area contributed by atoms with E-state index in [9.17, 15) is 4.79 Å². The van der Waals surface area contributed by atoms with E-state index in [1.807, 2.05) is 0 Å². The second-order valence-corrected chi connectivity index (χ2v) is 5.32. The van der Waals surface area contributed by atoms with Gasteiger partial charge in [0.1, 0.15) is 6.04 Å². The van der Waals surface area contributed by atoms with Crippen molar-refractivity contribution in [1.82, 2.24) is 15.1 Å². The van der Waals surface area contributed by atoms with Crippen LogP contribution in [0.2, 0.25) is 0 Å². The van der Waals surface area contributed by atoms with E-state index in [-0.39, 0.29) is 18.7 Å². The second kappa shape index (κ2) is 5.54. The van der Waals surface area contributed by atoms with Crippen LogP contribution in [0, 0.1) is 6.92 Å². The van der Waals surface area contributed by atoms with Crippen LogP contribution in [0.5, 0.6) is 11.5 Å². The summed E-state index contributed by atoms with van der Waals surface area (Å²) in [5.41, 5.74) is 0.525. The highest BCUT2D eigenvalue weighted by Crippen LogP contribution is 2.34. The summed E-state index contributed by atoms with van der Waals surface area (Å²) in [4.78, 5) is 14.6. The molecular weight excluding hydrogens is 302 g/mol. The Labute approximate surface area is 131 Å². The van der Waals surface area contributed by atoms with Crippen LogP contribution in [-0.4, -0.2) is 47.6 Å². The van der Waals surface area contributed by atoms with Crippen LogP contribution >= 0.6 is 0 Å². The normalized spacial score (nSPS) is 19.9. The molecule has 1 atom stereocenters. The molecule has 1 fully saturated rings. The summed E-state index contributed by atoms with van der Waals surface area (Å²) in [7, 11) is 0. The molecule has 0 N–H and O–H groups in total. The predicted octanol–water partition coefficient (Wildman–Crippen LogP) is 1.32. The molecule has 8 heteroatoms. The number of carbonyl (C=O) groups is 1. The van der Waals surface area contributed by atoms with Crippen molar-refractivity contribution in [2.75, 3.05) is 26.6 Å². The molecule has 0 saturated carbocycles. The summed E-state index contributed by atoms with van der Waals surface area (Å²) in [5.74, 6) is 1.94. The van der Waals surface area contributed by atoms with Crippen molar-refractivity contribution in [3.05, 3.63) is 35.5 Å². The molecule has 120 valence electrons. The average Bonchev–Trinajstić information content (AvgIpc) is 3.22. The maximum Gasteiger partial charge on any atom is 0.254 e. The minimum atomic E-state index is -0.386. The molecule has 1 amide bonds. The zero-order valence-electron chi connectivity index (χ0n) is 12.5. The molecular formula is C15H15N3O5. The number of hydrogen-bond acceptors (Lipinski definition) is 7. The summed E-state index contributed by atoms with van der Waals surface area (Å²) < 4.78 is 21.5. The Balaban J connectivity index is 1.62. The van der Waals surface area contributed by atoms with Gasteiger partial charge in [0.05, 0.1) is 13.2 Å². The molecule has 3 heterocycles. The van der Waals surface area contributed by atoms with Crippen LogP contribution < -0.4 is 9.47 Å². The van der Waals surface area contributed by atoms with E-state index in [2.05, 4.69) is 10.2 Å². The van der Waals surface area contributed by atoms with E-state index in [1.54, 1.807) is 30.0 Å². The number of amides is 1. The zero-order chi connectivity index (χ0) is 15.8. The number of aryl methyl sites for hydroxylation is 1. The number of carbonyl (C=O) groups excluding carboxylic acids is 1. The fourth-order valence-electron chi connectivity index (χ4n) is 2.69. The third-order valence-electron chi connectivity index (χ3n) is 3.84. The Morgan fingerprint density at radius 2 is 2.13 bits per heavy atom. The van der Waals surface area contributed by atoms with Gasteiger partial charge in [-0.2, -0.15) is 0 Å². The average molecular weight is 317 g/mol. The number of fused-ring (bicyclic) bond motifs is 1. The maximum absolute atomic E-state index is 12.9.